The number of carbonyl (C=O) groups excluding carboxylic acids is 3. The number of carbonyl (C=O) groups is 3. The molecule has 4 aromatic rings. The van der Waals surface area contributed by atoms with Crippen molar-refractivity contribution in [2.75, 3.05) is 16.4 Å². The third-order valence-electron chi connectivity index (χ3n) is 5.45. The SMILES string of the molecule is O=C(CSc1ccc(NC(=O)/C(=C/c2c(F)cccc2Cl)NC(=O)c2ccccc2)cc1)Nc1ccccc1Cl. The summed E-state index contributed by atoms with van der Waals surface area (Å²) in [6.07, 6.45) is 1.19. The van der Waals surface area contributed by atoms with Crippen LogP contribution in [0, 0.1) is 5.82 Å². The summed E-state index contributed by atoms with van der Waals surface area (Å²) in [7, 11) is 0. The van der Waals surface area contributed by atoms with Crippen LogP contribution in [0.15, 0.2) is 108 Å². The molecule has 202 valence electrons. The molecule has 0 bridgehead atoms. The number of nitrogens with one attached hydrogen (secondary N) is 3. The Bertz CT molecular complexity index is 1540. The second-order valence-electron chi connectivity index (χ2n) is 8.31. The Morgan fingerprint density at radius 3 is 2.15 bits per heavy atom. The second kappa shape index (κ2) is 13.8. The van der Waals surface area contributed by atoms with Crippen LogP contribution in [0.5, 0.6) is 0 Å². The summed E-state index contributed by atoms with van der Waals surface area (Å²) >= 11 is 13.5. The lowest BCUT2D eigenvalue weighted by atomic mass is 10.1. The van der Waals surface area contributed by atoms with Crippen LogP contribution in [0.25, 0.3) is 6.08 Å². The minimum atomic E-state index is -0.678. The van der Waals surface area contributed by atoms with Crippen molar-refractivity contribution < 1.29 is 18.8 Å². The number of para-hydroxylation sites is 1. The van der Waals surface area contributed by atoms with Gasteiger partial charge in [0.25, 0.3) is 11.8 Å². The van der Waals surface area contributed by atoms with E-state index in [0.29, 0.717) is 22.0 Å². The summed E-state index contributed by atoms with van der Waals surface area (Å²) in [5.41, 5.74) is 1.04. The van der Waals surface area contributed by atoms with Crippen LogP contribution in [-0.4, -0.2) is 23.5 Å². The molecule has 0 aliphatic rings. The molecule has 6 nitrogen and oxygen atoms in total. The Morgan fingerprint density at radius 1 is 0.775 bits per heavy atom. The normalized spacial score (nSPS) is 11.0. The first-order valence-corrected chi connectivity index (χ1v) is 13.6. The summed E-state index contributed by atoms with van der Waals surface area (Å²) in [6, 6.07) is 26.2. The fourth-order valence-corrected chi connectivity index (χ4v) is 4.57. The predicted octanol–water partition coefficient (Wildman–Crippen LogP) is 7.27. The Balaban J connectivity index is 1.44. The van der Waals surface area contributed by atoms with Crippen LogP contribution in [0.4, 0.5) is 15.8 Å². The van der Waals surface area contributed by atoms with Gasteiger partial charge in [-0.1, -0.05) is 59.6 Å². The number of thioether (sulfide) groups is 1. The molecule has 0 aromatic heterocycles. The number of rotatable bonds is 9. The molecule has 0 atom stereocenters. The second-order valence-corrected chi connectivity index (χ2v) is 10.2. The lowest BCUT2D eigenvalue weighted by Gasteiger charge is -2.12. The van der Waals surface area contributed by atoms with E-state index in [4.69, 9.17) is 23.2 Å². The predicted molar refractivity (Wildman–Crippen MR) is 159 cm³/mol. The van der Waals surface area contributed by atoms with Crippen LogP contribution < -0.4 is 16.0 Å². The molecule has 0 saturated carbocycles. The van der Waals surface area contributed by atoms with Crippen molar-refractivity contribution in [3.63, 3.8) is 0 Å². The van der Waals surface area contributed by atoms with E-state index in [0.717, 1.165) is 4.90 Å². The van der Waals surface area contributed by atoms with Crippen molar-refractivity contribution in [2.45, 2.75) is 4.90 Å². The first-order chi connectivity index (χ1) is 19.3. The average molecular weight is 594 g/mol. The molecule has 10 heteroatoms. The number of hydrogen-bond acceptors (Lipinski definition) is 4. The number of halogens is 3. The highest BCUT2D eigenvalue weighted by Crippen LogP contribution is 2.25. The Labute approximate surface area is 244 Å². The van der Waals surface area contributed by atoms with Crippen molar-refractivity contribution >= 4 is 70.1 Å². The van der Waals surface area contributed by atoms with E-state index in [1.54, 1.807) is 78.9 Å². The Kier molecular flexibility index (Phi) is 9.96. The highest BCUT2D eigenvalue weighted by Gasteiger charge is 2.17. The van der Waals surface area contributed by atoms with Crippen molar-refractivity contribution in [3.05, 3.63) is 130 Å². The zero-order valence-corrected chi connectivity index (χ0v) is 23.1. The molecule has 0 saturated heterocycles. The van der Waals surface area contributed by atoms with E-state index in [1.807, 2.05) is 0 Å². The Hall–Kier alpha value is -4.11. The van der Waals surface area contributed by atoms with Crippen molar-refractivity contribution in [2.24, 2.45) is 0 Å². The summed E-state index contributed by atoms with van der Waals surface area (Å²) in [5.74, 6) is -1.93. The fraction of sp³-hybridized carbons (Fsp3) is 0.0333. The fourth-order valence-electron chi connectivity index (χ4n) is 3.47. The molecule has 4 aromatic carbocycles. The zero-order valence-electron chi connectivity index (χ0n) is 20.8. The molecule has 0 aliphatic carbocycles. The zero-order chi connectivity index (χ0) is 28.5. The maximum Gasteiger partial charge on any atom is 0.272 e. The highest BCUT2D eigenvalue weighted by atomic mass is 35.5. The van der Waals surface area contributed by atoms with Gasteiger partial charge in [0.05, 0.1) is 21.5 Å². The summed E-state index contributed by atoms with van der Waals surface area (Å²) in [5, 5.41) is 8.54. The molecule has 0 unspecified atom stereocenters. The quantitative estimate of drug-likeness (QED) is 0.141. The first-order valence-electron chi connectivity index (χ1n) is 11.9. The van der Waals surface area contributed by atoms with Gasteiger partial charge in [-0.25, -0.2) is 4.39 Å². The minimum Gasteiger partial charge on any atom is -0.324 e. The molecule has 0 aliphatic heterocycles. The van der Waals surface area contributed by atoms with Gasteiger partial charge in [0.2, 0.25) is 5.91 Å². The molecule has 0 spiro atoms. The van der Waals surface area contributed by atoms with E-state index in [2.05, 4.69) is 16.0 Å². The standard InChI is InChI=1S/C30H22Cl2FN3O3S/c31-23-10-6-11-25(33)22(23)17-27(36-29(38)19-7-2-1-3-8-19)30(39)34-20-13-15-21(16-14-20)40-18-28(37)35-26-12-5-4-9-24(26)32/h1-17H,18H2,(H,34,39)(H,35,37)(H,36,38)/b27-17-. The van der Waals surface area contributed by atoms with Crippen LogP contribution in [0.2, 0.25) is 10.0 Å². The van der Waals surface area contributed by atoms with Gasteiger partial charge >= 0.3 is 0 Å². The lowest BCUT2D eigenvalue weighted by Crippen LogP contribution is -2.30. The molecule has 0 heterocycles. The van der Waals surface area contributed by atoms with E-state index < -0.39 is 17.6 Å². The van der Waals surface area contributed by atoms with Crippen molar-refractivity contribution in [1.29, 1.82) is 0 Å². The van der Waals surface area contributed by atoms with Crippen molar-refractivity contribution in [3.8, 4) is 0 Å². The van der Waals surface area contributed by atoms with Gasteiger partial charge in [0.15, 0.2) is 0 Å². The number of benzene rings is 4. The van der Waals surface area contributed by atoms with E-state index in [1.165, 1.54) is 36.0 Å². The third kappa shape index (κ3) is 7.95. The monoisotopic (exact) mass is 593 g/mol. The van der Waals surface area contributed by atoms with E-state index >= 15 is 0 Å². The minimum absolute atomic E-state index is 0.0375. The van der Waals surface area contributed by atoms with Gasteiger partial charge in [-0.15, -0.1) is 11.8 Å². The van der Waals surface area contributed by atoms with Gasteiger partial charge < -0.3 is 16.0 Å². The van der Waals surface area contributed by atoms with Gasteiger partial charge in [0.1, 0.15) is 11.5 Å². The topological polar surface area (TPSA) is 87.3 Å². The molecular weight excluding hydrogens is 572 g/mol. The van der Waals surface area contributed by atoms with E-state index in [-0.39, 0.29) is 27.9 Å². The number of amides is 3. The molecule has 3 N–H and O–H groups in total. The Morgan fingerprint density at radius 2 is 1.45 bits per heavy atom. The highest BCUT2D eigenvalue weighted by molar-refractivity contribution is 8.00. The van der Waals surface area contributed by atoms with Gasteiger partial charge in [-0.2, -0.15) is 0 Å². The van der Waals surface area contributed by atoms with Gasteiger partial charge in [-0.05, 0) is 66.7 Å². The first kappa shape index (κ1) is 28.9. The number of hydrogen-bond donors (Lipinski definition) is 3. The lowest BCUT2D eigenvalue weighted by molar-refractivity contribution is -0.114. The number of anilines is 2. The van der Waals surface area contributed by atoms with Crippen LogP contribution in [0.3, 0.4) is 0 Å². The largest absolute Gasteiger partial charge is 0.324 e. The van der Waals surface area contributed by atoms with E-state index in [9.17, 15) is 18.8 Å². The average Bonchev–Trinajstić information content (AvgIpc) is 2.95. The third-order valence-corrected chi connectivity index (χ3v) is 7.12. The van der Waals surface area contributed by atoms with Crippen LogP contribution in [0.1, 0.15) is 15.9 Å². The molecular formula is C30H22Cl2FN3O3S. The molecule has 0 radical (unpaired) electrons. The summed E-state index contributed by atoms with van der Waals surface area (Å²) in [4.78, 5) is 39.0. The molecule has 3 amide bonds. The maximum atomic E-state index is 14.5. The summed E-state index contributed by atoms with van der Waals surface area (Å²) in [6.45, 7) is 0. The smallest absolute Gasteiger partial charge is 0.272 e. The van der Waals surface area contributed by atoms with Crippen LogP contribution in [-0.2, 0) is 9.59 Å². The molecule has 4 rings (SSSR count). The molecule has 40 heavy (non-hydrogen) atoms. The van der Waals surface area contributed by atoms with Gasteiger partial charge in [-0.3, -0.25) is 14.4 Å². The van der Waals surface area contributed by atoms with Crippen molar-refractivity contribution in [1.82, 2.24) is 5.32 Å². The summed E-state index contributed by atoms with van der Waals surface area (Å²) < 4.78 is 14.5. The molecule has 0 fully saturated rings. The van der Waals surface area contributed by atoms with Gasteiger partial charge in [0, 0.05) is 21.7 Å². The van der Waals surface area contributed by atoms with Crippen LogP contribution >= 0.6 is 35.0 Å². The maximum absolute atomic E-state index is 14.5.